The molecule has 0 saturated heterocycles. The summed E-state index contributed by atoms with van der Waals surface area (Å²) in [4.78, 5) is 23.9. The van der Waals surface area contributed by atoms with Crippen LogP contribution < -0.4 is 28.2 Å². The molecule has 0 aliphatic rings. The van der Waals surface area contributed by atoms with Crippen molar-refractivity contribution in [3.8, 4) is 5.69 Å². The summed E-state index contributed by atoms with van der Waals surface area (Å²) in [5.74, 6) is 0.311. The van der Waals surface area contributed by atoms with E-state index in [0.717, 1.165) is 72.2 Å². The van der Waals surface area contributed by atoms with Crippen LogP contribution in [0.25, 0.3) is 16.7 Å². The number of aryl methyl sites for hydroxylation is 1. The van der Waals surface area contributed by atoms with Crippen molar-refractivity contribution >= 4 is 17.0 Å². The van der Waals surface area contributed by atoms with Crippen LogP contribution in [0.3, 0.4) is 0 Å². The van der Waals surface area contributed by atoms with Gasteiger partial charge in [0.1, 0.15) is 11.5 Å². The van der Waals surface area contributed by atoms with Crippen molar-refractivity contribution in [2.75, 3.05) is 13.1 Å². The number of aliphatic imine (C=N–C) groups is 1. The highest BCUT2D eigenvalue weighted by molar-refractivity contribution is 5.76. The molecule has 0 aliphatic heterocycles. The molecule has 0 aliphatic carbocycles. The zero-order valence-corrected chi connectivity index (χ0v) is 31.1. The molecule has 8 N–H and O–H groups in total. The molecule has 4 aromatic rings. The van der Waals surface area contributed by atoms with E-state index in [0.29, 0.717) is 12.2 Å². The number of aromatic amines is 1. The van der Waals surface area contributed by atoms with Crippen molar-refractivity contribution in [2.24, 2.45) is 22.2 Å². The minimum atomic E-state index is -0.301. The van der Waals surface area contributed by atoms with Gasteiger partial charge in [0.2, 0.25) is 0 Å². The number of nitrogens with two attached hydrogens (primary N) is 3. The fourth-order valence-corrected chi connectivity index (χ4v) is 5.45. The Morgan fingerprint density at radius 2 is 1.65 bits per heavy atom. The maximum absolute atomic E-state index is 14.6. The fraction of sp³-hybridized carbons (Fsp3) is 0.513. The number of benzene rings is 2. The normalized spacial score (nSPS) is 12.6. The molecule has 4 rings (SSSR count). The average molecular weight is 675 g/mol. The Hall–Kier alpha value is -4.02. The molecular weight excluding hydrogens is 615 g/mol. The predicted molar refractivity (Wildman–Crippen MR) is 203 cm³/mol. The summed E-state index contributed by atoms with van der Waals surface area (Å²) in [6, 6.07) is 14.3. The number of fused-ring (bicyclic) bond motifs is 1. The Kier molecular flexibility index (Phi) is 13.7. The van der Waals surface area contributed by atoms with Gasteiger partial charge in [0.05, 0.1) is 5.69 Å². The summed E-state index contributed by atoms with van der Waals surface area (Å²) in [6.45, 7) is 20.9. The highest BCUT2D eigenvalue weighted by Gasteiger charge is 2.23. The van der Waals surface area contributed by atoms with E-state index in [1.54, 1.807) is 4.57 Å². The zero-order valence-electron chi connectivity index (χ0n) is 31.1. The quantitative estimate of drug-likeness (QED) is 0.0642. The average Bonchev–Trinajstić information content (AvgIpc) is 3.42. The van der Waals surface area contributed by atoms with Crippen molar-refractivity contribution in [2.45, 2.75) is 117 Å². The second-order valence-corrected chi connectivity index (χ2v) is 15.5. The van der Waals surface area contributed by atoms with Gasteiger partial charge in [-0.3, -0.25) is 9.56 Å². The van der Waals surface area contributed by atoms with E-state index in [9.17, 15) is 9.18 Å². The Labute approximate surface area is 292 Å². The number of guanidine groups is 1. The van der Waals surface area contributed by atoms with Crippen molar-refractivity contribution in [1.29, 1.82) is 0 Å². The minimum Gasteiger partial charge on any atom is -0.370 e. The van der Waals surface area contributed by atoms with Crippen LogP contribution in [-0.2, 0) is 23.8 Å². The molecule has 0 radical (unpaired) electrons. The molecule has 2 heterocycles. The molecule has 2 aromatic heterocycles. The van der Waals surface area contributed by atoms with E-state index in [2.05, 4.69) is 81.7 Å². The molecule has 0 amide bonds. The number of aromatic nitrogens is 3. The molecule has 9 nitrogen and oxygen atoms in total. The first-order chi connectivity index (χ1) is 22.9. The van der Waals surface area contributed by atoms with Crippen LogP contribution in [0.15, 0.2) is 58.4 Å². The summed E-state index contributed by atoms with van der Waals surface area (Å²) >= 11 is 0. The first kappa shape index (κ1) is 39.4. The number of H-pyrrole nitrogens is 1. The molecule has 0 unspecified atom stereocenters. The van der Waals surface area contributed by atoms with Crippen LogP contribution in [0.5, 0.6) is 0 Å². The van der Waals surface area contributed by atoms with Crippen LogP contribution in [0.1, 0.15) is 115 Å². The topological polar surface area (TPSA) is 153 Å². The van der Waals surface area contributed by atoms with Gasteiger partial charge >= 0.3 is 5.69 Å². The highest BCUT2D eigenvalue weighted by atomic mass is 19.1. The molecule has 0 bridgehead atoms. The molecule has 0 spiro atoms. The Balaban J connectivity index is 0.000000286. The summed E-state index contributed by atoms with van der Waals surface area (Å²) in [7, 11) is 0. The van der Waals surface area contributed by atoms with E-state index in [4.69, 9.17) is 17.2 Å². The Morgan fingerprint density at radius 1 is 0.980 bits per heavy atom. The molecule has 1 atom stereocenters. The number of hydrogen-bond acceptors (Lipinski definition) is 5. The third-order valence-electron chi connectivity index (χ3n) is 8.38. The van der Waals surface area contributed by atoms with Gasteiger partial charge < -0.3 is 27.5 Å². The maximum Gasteiger partial charge on any atom is 0.354 e. The molecule has 10 heteroatoms. The van der Waals surface area contributed by atoms with Crippen molar-refractivity contribution in [3.05, 3.63) is 92.9 Å². The molecule has 268 valence electrons. The van der Waals surface area contributed by atoms with E-state index in [1.165, 1.54) is 5.56 Å². The summed E-state index contributed by atoms with van der Waals surface area (Å²) in [5.41, 5.74) is 22.4. The lowest BCUT2D eigenvalue weighted by Gasteiger charge is -2.24. The zero-order chi connectivity index (χ0) is 36.5. The number of rotatable bonds is 12. The first-order valence-corrected chi connectivity index (χ1v) is 17.4. The Bertz CT molecular complexity index is 1730. The van der Waals surface area contributed by atoms with E-state index in [1.807, 2.05) is 49.5 Å². The standard InChI is InChI=1S/C21H29N7O.C18H30FN/c1-21(2,3)17-11-15-13-28(20(29)27-18(15)26-17)16-7-5-14(6-8-16)12-24-9-4-10-25-19(22)23;1-12(2)15-10-14(9-7-8-13(3)20)11-16(17(15)19)18(4,5)6/h5-8,11,13,24H,4,9-10,12H2,1-3H3,(H4,22,23,25)(H,26,27,29);10-13H,7-9,20H2,1-6H3/t;13-/m.0/s1. The molecule has 49 heavy (non-hydrogen) atoms. The number of nitrogens with one attached hydrogen (secondary N) is 2. The SMILES string of the molecule is CC(C)(C)c1cc2cn(-c3ccc(CNCCCN=C(N)N)cc3)c(=O)nc2[nH]1.CC(C)c1cc(CCC[C@H](C)N)cc(C(C)(C)C)c1F. The first-order valence-electron chi connectivity index (χ1n) is 17.4. The lowest BCUT2D eigenvalue weighted by Crippen LogP contribution is -2.23. The number of halogens is 1. The van der Waals surface area contributed by atoms with Crippen molar-refractivity contribution in [1.82, 2.24) is 19.9 Å². The van der Waals surface area contributed by atoms with Crippen molar-refractivity contribution < 1.29 is 4.39 Å². The summed E-state index contributed by atoms with van der Waals surface area (Å²) < 4.78 is 16.2. The van der Waals surface area contributed by atoms with Gasteiger partial charge in [-0.2, -0.15) is 4.98 Å². The van der Waals surface area contributed by atoms with Gasteiger partial charge in [-0.05, 0) is 90.9 Å². The molecular formula is C39H59FN8O. The number of hydrogen-bond donors (Lipinski definition) is 5. The predicted octanol–water partition coefficient (Wildman–Crippen LogP) is 6.68. The van der Waals surface area contributed by atoms with Crippen LogP contribution in [-0.4, -0.2) is 39.6 Å². The minimum absolute atomic E-state index is 0.0246. The van der Waals surface area contributed by atoms with Gasteiger partial charge in [-0.15, -0.1) is 0 Å². The molecule has 0 saturated carbocycles. The van der Waals surface area contributed by atoms with Crippen LogP contribution in [0, 0.1) is 5.82 Å². The third kappa shape index (κ3) is 11.8. The van der Waals surface area contributed by atoms with Crippen LogP contribution >= 0.6 is 0 Å². The summed E-state index contributed by atoms with van der Waals surface area (Å²) in [5, 5.41) is 4.27. The van der Waals surface area contributed by atoms with Gasteiger partial charge in [0.25, 0.3) is 0 Å². The maximum atomic E-state index is 14.6. The lowest BCUT2D eigenvalue weighted by molar-refractivity contribution is 0.508. The monoisotopic (exact) mass is 674 g/mol. The fourth-order valence-electron chi connectivity index (χ4n) is 5.45. The number of nitrogens with zero attached hydrogens (tertiary/aromatic N) is 3. The van der Waals surface area contributed by atoms with E-state index >= 15 is 0 Å². The smallest absolute Gasteiger partial charge is 0.354 e. The second-order valence-electron chi connectivity index (χ2n) is 15.5. The van der Waals surface area contributed by atoms with Gasteiger partial charge in [0.15, 0.2) is 5.96 Å². The Morgan fingerprint density at radius 3 is 2.22 bits per heavy atom. The second kappa shape index (κ2) is 17.1. The van der Waals surface area contributed by atoms with Crippen LogP contribution in [0.2, 0.25) is 0 Å². The van der Waals surface area contributed by atoms with Gasteiger partial charge in [-0.1, -0.05) is 79.7 Å². The molecule has 2 aromatic carbocycles. The van der Waals surface area contributed by atoms with E-state index < -0.39 is 0 Å². The van der Waals surface area contributed by atoms with Crippen LogP contribution in [0.4, 0.5) is 4.39 Å². The lowest BCUT2D eigenvalue weighted by atomic mass is 9.82. The highest BCUT2D eigenvalue weighted by Crippen LogP contribution is 2.32. The molecule has 0 fully saturated rings. The summed E-state index contributed by atoms with van der Waals surface area (Å²) in [6.07, 6.45) is 5.76. The van der Waals surface area contributed by atoms with E-state index in [-0.39, 0.29) is 40.3 Å². The van der Waals surface area contributed by atoms with Gasteiger partial charge in [-0.25, -0.2) is 9.18 Å². The largest absolute Gasteiger partial charge is 0.370 e. The third-order valence-corrected chi connectivity index (χ3v) is 8.38. The van der Waals surface area contributed by atoms with Gasteiger partial charge in [0, 0.05) is 41.8 Å². The van der Waals surface area contributed by atoms with Crippen molar-refractivity contribution in [3.63, 3.8) is 0 Å².